The van der Waals surface area contributed by atoms with Gasteiger partial charge in [-0.05, 0) is 44.2 Å². The molecule has 2 aromatic carbocycles. The molecule has 5 heteroatoms. The van der Waals surface area contributed by atoms with Gasteiger partial charge in [-0.2, -0.15) is 5.10 Å². The van der Waals surface area contributed by atoms with Gasteiger partial charge in [0.15, 0.2) is 0 Å². The quantitative estimate of drug-likeness (QED) is 0.578. The zero-order valence-electron chi connectivity index (χ0n) is 13.6. The van der Waals surface area contributed by atoms with Gasteiger partial charge in [0, 0.05) is 11.3 Å². The summed E-state index contributed by atoms with van der Waals surface area (Å²) in [6, 6.07) is 20.2. The maximum atomic E-state index is 4.51. The maximum Gasteiger partial charge on any atom is 0.113 e. The Morgan fingerprint density at radius 2 is 1.58 bits per heavy atom. The Hall–Kier alpha value is -3.21. The number of benzene rings is 2. The third-order valence-electron chi connectivity index (χ3n) is 3.93. The molecule has 0 unspecified atom stereocenters. The molecule has 0 saturated heterocycles. The van der Waals surface area contributed by atoms with E-state index in [0.717, 1.165) is 34.0 Å². The molecule has 0 spiro atoms. The summed E-state index contributed by atoms with van der Waals surface area (Å²) in [6.45, 7) is 4.05. The summed E-state index contributed by atoms with van der Waals surface area (Å²) in [6.07, 6.45) is 1.94. The zero-order chi connectivity index (χ0) is 16.5. The van der Waals surface area contributed by atoms with Gasteiger partial charge in [0.2, 0.25) is 0 Å². The van der Waals surface area contributed by atoms with Gasteiger partial charge < -0.3 is 0 Å². The van der Waals surface area contributed by atoms with Crippen LogP contribution in [-0.4, -0.2) is 24.8 Å². The second-order valence-corrected chi connectivity index (χ2v) is 5.77. The maximum absolute atomic E-state index is 4.51. The predicted molar refractivity (Wildman–Crippen MR) is 93.4 cm³/mol. The third-order valence-corrected chi connectivity index (χ3v) is 3.93. The van der Waals surface area contributed by atoms with Gasteiger partial charge in [-0.3, -0.25) is 0 Å². The number of rotatable bonds is 3. The van der Waals surface area contributed by atoms with Gasteiger partial charge in [0.05, 0.1) is 23.3 Å². The number of aromatic nitrogens is 5. The van der Waals surface area contributed by atoms with Crippen LogP contribution < -0.4 is 0 Å². The van der Waals surface area contributed by atoms with Crippen LogP contribution in [0.3, 0.4) is 0 Å². The van der Waals surface area contributed by atoms with E-state index in [1.54, 1.807) is 4.68 Å². The summed E-state index contributed by atoms with van der Waals surface area (Å²) >= 11 is 0. The fourth-order valence-electron chi connectivity index (χ4n) is 2.77. The first kappa shape index (κ1) is 14.4. The zero-order valence-corrected chi connectivity index (χ0v) is 13.6. The number of aryl methyl sites for hydroxylation is 2. The second kappa shape index (κ2) is 5.77. The van der Waals surface area contributed by atoms with Crippen molar-refractivity contribution in [3.63, 3.8) is 0 Å². The van der Waals surface area contributed by atoms with Crippen molar-refractivity contribution < 1.29 is 0 Å². The van der Waals surface area contributed by atoms with Crippen molar-refractivity contribution in [2.75, 3.05) is 0 Å². The monoisotopic (exact) mass is 315 g/mol. The van der Waals surface area contributed by atoms with Crippen LogP contribution >= 0.6 is 0 Å². The van der Waals surface area contributed by atoms with Gasteiger partial charge in [-0.15, -0.1) is 5.10 Å². The molecule has 24 heavy (non-hydrogen) atoms. The highest BCUT2D eigenvalue weighted by Gasteiger charge is 2.07. The summed E-state index contributed by atoms with van der Waals surface area (Å²) in [7, 11) is 0. The average molecular weight is 315 g/mol. The molecule has 0 aliphatic heterocycles. The molecular formula is C19H17N5. The Kier molecular flexibility index (Phi) is 3.46. The summed E-state index contributed by atoms with van der Waals surface area (Å²) < 4.78 is 3.73. The number of nitrogens with zero attached hydrogens (tertiary/aromatic N) is 5. The van der Waals surface area contributed by atoms with Crippen LogP contribution in [0.15, 0.2) is 66.9 Å². The van der Waals surface area contributed by atoms with Crippen molar-refractivity contribution in [1.29, 1.82) is 0 Å². The number of para-hydroxylation sites is 1. The molecule has 118 valence electrons. The molecule has 2 heterocycles. The van der Waals surface area contributed by atoms with Crippen molar-refractivity contribution >= 4 is 0 Å². The summed E-state index contributed by atoms with van der Waals surface area (Å²) in [5.74, 6) is 0. The SMILES string of the molecule is Cc1cc(C)n(-c2ccc(-c3cn(-c4ccccc4)nn3)cc2)n1. The Labute approximate surface area is 140 Å². The minimum absolute atomic E-state index is 0.846. The van der Waals surface area contributed by atoms with Crippen molar-refractivity contribution in [2.45, 2.75) is 13.8 Å². The molecule has 0 aliphatic rings. The first-order chi connectivity index (χ1) is 11.7. The molecule has 0 N–H and O–H groups in total. The van der Waals surface area contributed by atoms with E-state index >= 15 is 0 Å². The molecule has 4 rings (SSSR count). The van der Waals surface area contributed by atoms with Gasteiger partial charge in [0.1, 0.15) is 5.69 Å². The highest BCUT2D eigenvalue weighted by Crippen LogP contribution is 2.20. The van der Waals surface area contributed by atoms with Crippen LogP contribution in [0.5, 0.6) is 0 Å². The van der Waals surface area contributed by atoms with Crippen LogP contribution in [0.25, 0.3) is 22.6 Å². The Bertz CT molecular complexity index is 965. The summed E-state index contributed by atoms with van der Waals surface area (Å²) in [5.41, 5.74) is 6.05. The lowest BCUT2D eigenvalue weighted by atomic mass is 10.1. The molecule has 0 saturated carbocycles. The van der Waals surface area contributed by atoms with Crippen molar-refractivity contribution in [2.24, 2.45) is 0 Å². The van der Waals surface area contributed by atoms with E-state index in [-0.39, 0.29) is 0 Å². The fraction of sp³-hybridized carbons (Fsp3) is 0.105. The summed E-state index contributed by atoms with van der Waals surface area (Å²) in [5, 5.41) is 13.0. The van der Waals surface area contributed by atoms with Gasteiger partial charge >= 0.3 is 0 Å². The molecule has 2 aromatic heterocycles. The topological polar surface area (TPSA) is 48.5 Å². The van der Waals surface area contributed by atoms with Gasteiger partial charge in [0.25, 0.3) is 0 Å². The van der Waals surface area contributed by atoms with E-state index < -0.39 is 0 Å². The van der Waals surface area contributed by atoms with Crippen molar-refractivity contribution in [1.82, 2.24) is 24.8 Å². The molecule has 0 radical (unpaired) electrons. The van der Waals surface area contributed by atoms with Gasteiger partial charge in [-0.1, -0.05) is 35.5 Å². The molecule has 0 amide bonds. The van der Waals surface area contributed by atoms with Gasteiger partial charge in [-0.25, -0.2) is 9.36 Å². The number of hydrogen-bond acceptors (Lipinski definition) is 3. The van der Waals surface area contributed by atoms with Crippen molar-refractivity contribution in [3.05, 3.63) is 78.2 Å². The largest absolute Gasteiger partial charge is 0.238 e. The standard InChI is InChI=1S/C19H17N5/c1-14-12-15(2)24(21-14)18-10-8-16(9-11-18)19-13-23(22-20-19)17-6-4-3-5-7-17/h3-13H,1-2H3. The molecule has 0 atom stereocenters. The minimum atomic E-state index is 0.846. The lowest BCUT2D eigenvalue weighted by Gasteiger charge is -2.05. The Morgan fingerprint density at radius 1 is 0.833 bits per heavy atom. The molecular weight excluding hydrogens is 298 g/mol. The van der Waals surface area contributed by atoms with E-state index in [0.29, 0.717) is 0 Å². The molecule has 0 aliphatic carbocycles. The van der Waals surface area contributed by atoms with Crippen LogP contribution in [0.4, 0.5) is 0 Å². The highest BCUT2D eigenvalue weighted by atomic mass is 15.4. The second-order valence-electron chi connectivity index (χ2n) is 5.77. The van der Waals surface area contributed by atoms with E-state index in [9.17, 15) is 0 Å². The average Bonchev–Trinajstić information content (AvgIpc) is 3.22. The lowest BCUT2D eigenvalue weighted by molar-refractivity contribution is 0.804. The van der Waals surface area contributed by atoms with E-state index in [4.69, 9.17) is 0 Å². The van der Waals surface area contributed by atoms with E-state index in [1.165, 1.54) is 0 Å². The smallest absolute Gasteiger partial charge is 0.113 e. The molecule has 0 fully saturated rings. The van der Waals surface area contributed by atoms with Crippen LogP contribution in [0, 0.1) is 13.8 Å². The van der Waals surface area contributed by atoms with Crippen LogP contribution in [-0.2, 0) is 0 Å². The molecule has 5 nitrogen and oxygen atoms in total. The first-order valence-electron chi connectivity index (χ1n) is 7.82. The molecule has 4 aromatic rings. The highest BCUT2D eigenvalue weighted by molar-refractivity contribution is 5.60. The predicted octanol–water partition coefficient (Wildman–Crippen LogP) is 3.74. The third kappa shape index (κ3) is 2.60. The first-order valence-corrected chi connectivity index (χ1v) is 7.82. The Morgan fingerprint density at radius 3 is 2.25 bits per heavy atom. The molecule has 0 bridgehead atoms. The normalized spacial score (nSPS) is 10.9. The lowest BCUT2D eigenvalue weighted by Crippen LogP contribution is -1.98. The number of hydrogen-bond donors (Lipinski definition) is 0. The van der Waals surface area contributed by atoms with Crippen LogP contribution in [0.1, 0.15) is 11.4 Å². The summed E-state index contributed by atoms with van der Waals surface area (Å²) in [4.78, 5) is 0. The van der Waals surface area contributed by atoms with Crippen molar-refractivity contribution in [3.8, 4) is 22.6 Å². The van der Waals surface area contributed by atoms with E-state index in [1.807, 2.05) is 60.3 Å². The van der Waals surface area contributed by atoms with E-state index in [2.05, 4.69) is 40.5 Å². The fourth-order valence-corrected chi connectivity index (χ4v) is 2.77. The Balaban J connectivity index is 1.64. The minimum Gasteiger partial charge on any atom is -0.238 e. The van der Waals surface area contributed by atoms with Crippen LogP contribution in [0.2, 0.25) is 0 Å².